The van der Waals surface area contributed by atoms with Crippen LogP contribution in [-0.2, 0) is 4.79 Å². The quantitative estimate of drug-likeness (QED) is 0.743. The number of benzene rings is 2. The molecule has 0 saturated carbocycles. The molecule has 0 radical (unpaired) electrons. The van der Waals surface area contributed by atoms with Crippen molar-refractivity contribution in [3.05, 3.63) is 54.1 Å². The first kappa shape index (κ1) is 15.3. The Morgan fingerprint density at radius 2 is 1.79 bits per heavy atom. The Bertz CT molecular complexity index is 911. The molecule has 1 aliphatic rings. The van der Waals surface area contributed by atoms with Crippen molar-refractivity contribution in [2.75, 3.05) is 13.1 Å². The zero-order valence-corrected chi connectivity index (χ0v) is 14.7. The van der Waals surface area contributed by atoms with E-state index in [1.165, 1.54) is 10.5 Å². The maximum atomic E-state index is 13.2. The van der Waals surface area contributed by atoms with Crippen LogP contribution in [0.25, 0.3) is 22.2 Å². The van der Waals surface area contributed by atoms with Crippen LogP contribution < -0.4 is 0 Å². The van der Waals surface area contributed by atoms with E-state index in [4.69, 9.17) is 0 Å². The van der Waals surface area contributed by atoms with Crippen molar-refractivity contribution in [1.82, 2.24) is 9.88 Å². The summed E-state index contributed by atoms with van der Waals surface area (Å²) >= 11 is 1.68. The van der Waals surface area contributed by atoms with Gasteiger partial charge >= 0.3 is 0 Å². The Labute approximate surface area is 146 Å². The van der Waals surface area contributed by atoms with Crippen LogP contribution in [0.4, 0.5) is 0 Å². The minimum Gasteiger partial charge on any atom is -0.354 e. The van der Waals surface area contributed by atoms with Crippen molar-refractivity contribution in [3.63, 3.8) is 0 Å². The van der Waals surface area contributed by atoms with Gasteiger partial charge in [0.15, 0.2) is 0 Å². The molecule has 1 aliphatic heterocycles. The molecule has 122 valence electrons. The number of hydrogen-bond acceptors (Lipinski definition) is 2. The molecule has 0 saturated heterocycles. The molecule has 0 fully saturated rings. The Balaban J connectivity index is 1.95. The van der Waals surface area contributed by atoms with Gasteiger partial charge in [-0.1, -0.05) is 36.4 Å². The summed E-state index contributed by atoms with van der Waals surface area (Å²) in [5, 5.41) is 0.964. The predicted octanol–water partition coefficient (Wildman–Crippen LogP) is 4.85. The molecule has 2 heterocycles. The summed E-state index contributed by atoms with van der Waals surface area (Å²) in [4.78, 5) is 19.8. The van der Waals surface area contributed by atoms with Gasteiger partial charge in [0.05, 0.1) is 5.69 Å². The number of carbonyl (C=O) groups is 1. The van der Waals surface area contributed by atoms with E-state index in [9.17, 15) is 4.79 Å². The van der Waals surface area contributed by atoms with Crippen LogP contribution in [0.15, 0.2) is 53.4 Å². The van der Waals surface area contributed by atoms with E-state index < -0.39 is 0 Å². The van der Waals surface area contributed by atoms with E-state index in [-0.39, 0.29) is 11.2 Å². The summed E-state index contributed by atoms with van der Waals surface area (Å²) in [6.07, 6.45) is 0. The van der Waals surface area contributed by atoms with E-state index in [0.29, 0.717) is 0 Å². The van der Waals surface area contributed by atoms with Crippen molar-refractivity contribution >= 4 is 28.6 Å². The molecule has 3 nitrogen and oxygen atoms in total. The smallest absolute Gasteiger partial charge is 0.240 e. The third-order valence-corrected chi connectivity index (χ3v) is 5.99. The number of thioether (sulfide) groups is 1. The summed E-state index contributed by atoms with van der Waals surface area (Å²) in [7, 11) is 0. The lowest BCUT2D eigenvalue weighted by atomic mass is 9.83. The number of hydrogen-bond donors (Lipinski definition) is 1. The predicted molar refractivity (Wildman–Crippen MR) is 100 cm³/mol. The van der Waals surface area contributed by atoms with Crippen LogP contribution in [0.3, 0.4) is 0 Å². The Morgan fingerprint density at radius 3 is 2.58 bits per heavy atom. The third-order valence-electron chi connectivity index (χ3n) is 4.71. The van der Waals surface area contributed by atoms with E-state index in [0.717, 1.165) is 35.2 Å². The van der Waals surface area contributed by atoms with Gasteiger partial charge in [-0.2, -0.15) is 0 Å². The minimum absolute atomic E-state index is 0.189. The van der Waals surface area contributed by atoms with E-state index >= 15 is 0 Å². The lowest BCUT2D eigenvalue weighted by Gasteiger charge is -2.29. The fourth-order valence-electron chi connectivity index (χ4n) is 3.49. The number of fused-ring (bicyclic) bond motifs is 5. The number of likely N-dealkylation sites (N-methyl/N-ethyl adjacent to an activating group) is 1. The summed E-state index contributed by atoms with van der Waals surface area (Å²) in [6, 6.07) is 16.6. The molecule has 1 amide bonds. The van der Waals surface area contributed by atoms with Gasteiger partial charge in [-0.15, -0.1) is 11.8 Å². The topological polar surface area (TPSA) is 36.1 Å². The second kappa shape index (κ2) is 6.02. The normalized spacial score (nSPS) is 15.8. The molecule has 2 aromatic carbocycles. The highest BCUT2D eigenvalue weighted by Crippen LogP contribution is 2.51. The Kier molecular flexibility index (Phi) is 3.85. The number of para-hydroxylation sites is 1. The average molecular weight is 335 g/mol. The largest absolute Gasteiger partial charge is 0.354 e. The van der Waals surface area contributed by atoms with Gasteiger partial charge in [-0.25, -0.2) is 0 Å². The van der Waals surface area contributed by atoms with Gasteiger partial charge in [0.25, 0.3) is 0 Å². The lowest BCUT2D eigenvalue weighted by molar-refractivity contribution is -0.130. The molecule has 24 heavy (non-hydrogen) atoms. The fraction of sp³-hybridized carbons (Fsp3) is 0.250. The molecule has 0 aliphatic carbocycles. The van der Waals surface area contributed by atoms with Gasteiger partial charge in [-0.05, 0) is 26.0 Å². The number of nitrogens with zero attached hydrogens (tertiary/aromatic N) is 1. The average Bonchev–Trinajstić information content (AvgIpc) is 3.02. The highest BCUT2D eigenvalue weighted by Gasteiger charge is 2.35. The van der Waals surface area contributed by atoms with Gasteiger partial charge in [0.1, 0.15) is 5.25 Å². The fourth-order valence-corrected chi connectivity index (χ4v) is 4.81. The zero-order valence-electron chi connectivity index (χ0n) is 13.9. The molecule has 1 unspecified atom stereocenters. The first-order valence-corrected chi connectivity index (χ1v) is 9.28. The monoisotopic (exact) mass is 335 g/mol. The molecule has 0 spiro atoms. The van der Waals surface area contributed by atoms with Crippen LogP contribution in [0.1, 0.15) is 24.7 Å². The van der Waals surface area contributed by atoms with Crippen molar-refractivity contribution in [2.45, 2.75) is 24.0 Å². The molecular weight excluding hydrogens is 315 g/mol. The molecule has 1 atom stereocenters. The third kappa shape index (κ3) is 2.25. The van der Waals surface area contributed by atoms with Crippen molar-refractivity contribution in [1.29, 1.82) is 0 Å². The summed E-state index contributed by atoms with van der Waals surface area (Å²) < 4.78 is 0. The standard InChI is InChI=1S/C20H20N2OS/c1-3-22(4-2)20(23)19-17-13-9-5-7-11-15(13)21-18(17)14-10-6-8-12-16(14)24-19/h5-12,19,21H,3-4H2,1-2H3/i20-1. The summed E-state index contributed by atoms with van der Waals surface area (Å²) in [5.74, 6) is 0.200. The summed E-state index contributed by atoms with van der Waals surface area (Å²) in [5.41, 5.74) is 4.51. The number of rotatable bonds is 3. The first-order chi connectivity index (χ1) is 11.7. The maximum Gasteiger partial charge on any atom is 0.240 e. The number of amides is 1. The molecule has 3 aromatic rings. The molecule has 4 heteroatoms. The van der Waals surface area contributed by atoms with Crippen molar-refractivity contribution in [2.24, 2.45) is 0 Å². The van der Waals surface area contributed by atoms with Crippen LogP contribution in [0.5, 0.6) is 0 Å². The van der Waals surface area contributed by atoms with Gasteiger partial charge in [0, 0.05) is 40.0 Å². The molecule has 1 N–H and O–H groups in total. The second-order valence-electron chi connectivity index (χ2n) is 5.96. The van der Waals surface area contributed by atoms with Crippen LogP contribution in [-0.4, -0.2) is 28.9 Å². The number of H-pyrrole nitrogens is 1. The molecule has 1 aromatic heterocycles. The molecule has 0 bridgehead atoms. The lowest BCUT2D eigenvalue weighted by Crippen LogP contribution is -2.34. The van der Waals surface area contributed by atoms with E-state index in [1.807, 2.05) is 36.9 Å². The van der Waals surface area contributed by atoms with Gasteiger partial charge in [-0.3, -0.25) is 4.79 Å². The number of nitrogens with one attached hydrogen (secondary N) is 1. The van der Waals surface area contributed by atoms with Gasteiger partial charge in [0.2, 0.25) is 5.91 Å². The van der Waals surface area contributed by atoms with E-state index in [2.05, 4.69) is 35.3 Å². The Hall–Kier alpha value is -2.20. The second-order valence-corrected chi connectivity index (χ2v) is 7.11. The maximum absolute atomic E-state index is 13.2. The highest BCUT2D eigenvalue weighted by molar-refractivity contribution is 8.00. The number of aromatic nitrogens is 1. The highest BCUT2D eigenvalue weighted by atomic mass is 32.2. The first-order valence-electron chi connectivity index (χ1n) is 8.40. The number of aromatic amines is 1. The van der Waals surface area contributed by atoms with Crippen LogP contribution in [0, 0.1) is 0 Å². The SMILES string of the molecule is CCN(CC)[11C](=O)C1Sc2ccccc2-c2[nH]c3ccccc3c21. The Morgan fingerprint density at radius 1 is 1.08 bits per heavy atom. The summed E-state index contributed by atoms with van der Waals surface area (Å²) in [6.45, 7) is 5.56. The van der Waals surface area contributed by atoms with Gasteiger partial charge < -0.3 is 9.88 Å². The number of carbonyl (C=O) groups excluding carboxylic acids is 1. The van der Waals surface area contributed by atoms with E-state index in [1.54, 1.807) is 11.8 Å². The van der Waals surface area contributed by atoms with Crippen molar-refractivity contribution in [3.8, 4) is 11.3 Å². The van der Waals surface area contributed by atoms with Crippen molar-refractivity contribution < 1.29 is 4.79 Å². The van der Waals surface area contributed by atoms with Crippen LogP contribution >= 0.6 is 11.8 Å². The minimum atomic E-state index is -0.189. The molecule has 4 rings (SSSR count). The molecular formula is C20H20N2OS. The van der Waals surface area contributed by atoms with Crippen LogP contribution in [0.2, 0.25) is 0 Å². The zero-order chi connectivity index (χ0) is 16.7.